The molecule has 0 bridgehead atoms. The lowest BCUT2D eigenvalue weighted by atomic mass is 10.4. The Balaban J connectivity index is 1.74. The number of nitro groups is 1. The molecular formula is C11H8N6O5. The Morgan fingerprint density at radius 2 is 2.14 bits per heavy atom. The van der Waals surface area contributed by atoms with Crippen molar-refractivity contribution < 1.29 is 18.6 Å². The van der Waals surface area contributed by atoms with Crippen LogP contribution in [0.1, 0.15) is 10.6 Å². The van der Waals surface area contributed by atoms with Gasteiger partial charge in [0.25, 0.3) is 11.8 Å². The maximum absolute atomic E-state index is 11.8. The second-order valence-corrected chi connectivity index (χ2v) is 4.14. The van der Waals surface area contributed by atoms with Crippen molar-refractivity contribution in [1.82, 2.24) is 20.0 Å². The van der Waals surface area contributed by atoms with Crippen molar-refractivity contribution in [2.75, 3.05) is 5.32 Å². The van der Waals surface area contributed by atoms with Gasteiger partial charge in [0.1, 0.15) is 10.6 Å². The molecule has 3 aromatic heterocycles. The third-order valence-corrected chi connectivity index (χ3v) is 2.57. The predicted molar refractivity (Wildman–Crippen MR) is 69.8 cm³/mol. The molecule has 0 aromatic carbocycles. The molecule has 11 heteroatoms. The monoisotopic (exact) mass is 304 g/mol. The van der Waals surface area contributed by atoms with Crippen LogP contribution in [-0.2, 0) is 7.05 Å². The number of anilines is 1. The molecule has 0 aliphatic rings. The lowest BCUT2D eigenvalue weighted by molar-refractivity contribution is -0.402. The van der Waals surface area contributed by atoms with Gasteiger partial charge in [-0.05, 0) is 12.1 Å². The third-order valence-electron chi connectivity index (χ3n) is 2.57. The molecule has 0 atom stereocenters. The summed E-state index contributed by atoms with van der Waals surface area (Å²) in [5.41, 5.74) is 0.448. The van der Waals surface area contributed by atoms with Crippen LogP contribution in [0.3, 0.4) is 0 Å². The fourth-order valence-corrected chi connectivity index (χ4v) is 1.61. The Labute approximate surface area is 121 Å². The van der Waals surface area contributed by atoms with Crippen LogP contribution in [0.15, 0.2) is 33.2 Å². The van der Waals surface area contributed by atoms with Crippen molar-refractivity contribution in [2.24, 2.45) is 7.05 Å². The minimum atomic E-state index is -0.747. The first-order valence-corrected chi connectivity index (χ1v) is 5.92. The van der Waals surface area contributed by atoms with Gasteiger partial charge in [0.05, 0.1) is 6.07 Å². The fraction of sp³-hybridized carbons (Fsp3) is 0.0909. The molecule has 1 N–H and O–H groups in total. The van der Waals surface area contributed by atoms with Crippen LogP contribution < -0.4 is 5.32 Å². The van der Waals surface area contributed by atoms with Gasteiger partial charge in [-0.2, -0.15) is 5.10 Å². The molecule has 3 heterocycles. The molecule has 0 saturated carbocycles. The summed E-state index contributed by atoms with van der Waals surface area (Å²) in [4.78, 5) is 21.6. The van der Waals surface area contributed by atoms with E-state index in [2.05, 4.69) is 20.6 Å². The molecule has 3 aromatic rings. The van der Waals surface area contributed by atoms with Crippen molar-refractivity contribution in [1.29, 1.82) is 0 Å². The molecule has 112 valence electrons. The van der Waals surface area contributed by atoms with E-state index in [4.69, 9.17) is 8.83 Å². The van der Waals surface area contributed by atoms with Crippen LogP contribution in [0.2, 0.25) is 0 Å². The van der Waals surface area contributed by atoms with Crippen LogP contribution in [0.25, 0.3) is 11.6 Å². The molecular weight excluding hydrogens is 296 g/mol. The third kappa shape index (κ3) is 2.54. The highest BCUT2D eigenvalue weighted by atomic mass is 16.6. The topological polar surface area (TPSA) is 142 Å². The summed E-state index contributed by atoms with van der Waals surface area (Å²) in [6, 6.07) is 3.73. The quantitative estimate of drug-likeness (QED) is 0.560. The molecule has 0 spiro atoms. The standard InChI is InChI=1S/C11H8N6O5/c1-16-5-4-6(15-16)10-13-14-11(22-10)12-9(18)7-2-3-8(21-7)17(19)20/h2-5H,1H3,(H,12,14,18). The smallest absolute Gasteiger partial charge is 0.401 e. The van der Waals surface area contributed by atoms with E-state index >= 15 is 0 Å². The lowest BCUT2D eigenvalue weighted by Gasteiger charge is -1.95. The van der Waals surface area contributed by atoms with Gasteiger partial charge in [-0.3, -0.25) is 24.9 Å². The van der Waals surface area contributed by atoms with E-state index in [1.165, 1.54) is 6.07 Å². The van der Waals surface area contributed by atoms with Crippen molar-refractivity contribution in [3.63, 3.8) is 0 Å². The summed E-state index contributed by atoms with van der Waals surface area (Å²) in [6.45, 7) is 0. The minimum absolute atomic E-state index is 0.126. The largest absolute Gasteiger partial charge is 0.433 e. The van der Waals surface area contributed by atoms with Crippen molar-refractivity contribution in [3.05, 3.63) is 40.3 Å². The highest BCUT2D eigenvalue weighted by molar-refractivity contribution is 6.01. The van der Waals surface area contributed by atoms with Crippen LogP contribution in [-0.4, -0.2) is 30.8 Å². The van der Waals surface area contributed by atoms with E-state index in [9.17, 15) is 14.9 Å². The summed E-state index contributed by atoms with van der Waals surface area (Å²) in [5.74, 6) is -1.40. The zero-order valence-corrected chi connectivity index (χ0v) is 11.1. The van der Waals surface area contributed by atoms with Gasteiger partial charge in [0, 0.05) is 13.2 Å². The maximum atomic E-state index is 11.8. The SMILES string of the molecule is Cn1ccc(-c2nnc(NC(=O)c3ccc([N+](=O)[O-])o3)o2)n1. The van der Waals surface area contributed by atoms with Crippen LogP contribution in [0, 0.1) is 10.1 Å². The first kappa shape index (κ1) is 13.5. The number of nitrogens with zero attached hydrogens (tertiary/aromatic N) is 5. The number of amides is 1. The molecule has 0 fully saturated rings. The van der Waals surface area contributed by atoms with Gasteiger partial charge in [-0.15, -0.1) is 5.10 Å². The number of hydrogen-bond acceptors (Lipinski definition) is 8. The van der Waals surface area contributed by atoms with E-state index in [0.717, 1.165) is 6.07 Å². The normalized spacial score (nSPS) is 10.6. The van der Waals surface area contributed by atoms with E-state index in [0.29, 0.717) is 5.69 Å². The van der Waals surface area contributed by atoms with Gasteiger partial charge >= 0.3 is 11.9 Å². The molecule has 1 amide bonds. The average Bonchev–Trinajstić information content (AvgIpc) is 3.17. The second kappa shape index (κ2) is 5.12. The number of nitrogens with one attached hydrogen (secondary N) is 1. The molecule has 0 unspecified atom stereocenters. The molecule has 3 rings (SSSR count). The van der Waals surface area contributed by atoms with E-state index < -0.39 is 16.7 Å². The lowest BCUT2D eigenvalue weighted by Crippen LogP contribution is -2.11. The summed E-state index contributed by atoms with van der Waals surface area (Å²) in [6.07, 6.45) is 1.69. The number of aromatic nitrogens is 4. The Morgan fingerprint density at radius 3 is 2.77 bits per heavy atom. The van der Waals surface area contributed by atoms with Gasteiger partial charge in [0.15, 0.2) is 5.76 Å². The number of furan rings is 1. The molecule has 0 saturated heterocycles. The zero-order valence-electron chi connectivity index (χ0n) is 11.1. The van der Waals surface area contributed by atoms with E-state index in [-0.39, 0.29) is 17.7 Å². The Morgan fingerprint density at radius 1 is 1.32 bits per heavy atom. The Bertz CT molecular complexity index is 847. The Kier molecular flexibility index (Phi) is 3.14. The molecule has 11 nitrogen and oxygen atoms in total. The molecule has 0 aliphatic heterocycles. The fourth-order valence-electron chi connectivity index (χ4n) is 1.61. The first-order chi connectivity index (χ1) is 10.5. The molecule has 22 heavy (non-hydrogen) atoms. The highest BCUT2D eigenvalue weighted by Gasteiger charge is 2.19. The summed E-state index contributed by atoms with van der Waals surface area (Å²) in [5, 5.41) is 24.2. The van der Waals surface area contributed by atoms with Crippen LogP contribution >= 0.6 is 0 Å². The summed E-state index contributed by atoms with van der Waals surface area (Å²) >= 11 is 0. The van der Waals surface area contributed by atoms with Gasteiger partial charge in [-0.25, -0.2) is 0 Å². The number of carbonyl (C=O) groups is 1. The highest BCUT2D eigenvalue weighted by Crippen LogP contribution is 2.19. The van der Waals surface area contributed by atoms with E-state index in [1.807, 2.05) is 0 Å². The summed E-state index contributed by atoms with van der Waals surface area (Å²) < 4.78 is 11.5. The molecule has 0 aliphatic carbocycles. The predicted octanol–water partition coefficient (Wildman–Crippen LogP) is 1.22. The van der Waals surface area contributed by atoms with E-state index in [1.54, 1.807) is 24.0 Å². The number of rotatable bonds is 4. The van der Waals surface area contributed by atoms with Gasteiger partial charge in [-0.1, -0.05) is 5.10 Å². The number of aryl methyl sites for hydroxylation is 1. The number of hydrogen-bond donors (Lipinski definition) is 1. The van der Waals surface area contributed by atoms with Gasteiger partial charge in [0.2, 0.25) is 0 Å². The molecule has 0 radical (unpaired) electrons. The first-order valence-electron chi connectivity index (χ1n) is 5.92. The zero-order chi connectivity index (χ0) is 15.7. The van der Waals surface area contributed by atoms with Crippen LogP contribution in [0.5, 0.6) is 0 Å². The van der Waals surface area contributed by atoms with Crippen molar-refractivity contribution >= 4 is 17.8 Å². The Hall–Kier alpha value is -3.50. The second-order valence-electron chi connectivity index (χ2n) is 4.14. The minimum Gasteiger partial charge on any atom is -0.401 e. The number of carbonyl (C=O) groups excluding carboxylic acids is 1. The van der Waals surface area contributed by atoms with Gasteiger partial charge < -0.3 is 8.83 Å². The maximum Gasteiger partial charge on any atom is 0.433 e. The average molecular weight is 304 g/mol. The summed E-state index contributed by atoms with van der Waals surface area (Å²) in [7, 11) is 1.73. The van der Waals surface area contributed by atoms with Crippen LogP contribution in [0.4, 0.5) is 11.9 Å². The van der Waals surface area contributed by atoms with Crippen molar-refractivity contribution in [3.8, 4) is 11.6 Å². The van der Waals surface area contributed by atoms with Crippen molar-refractivity contribution in [2.45, 2.75) is 0 Å².